The molecule has 1 fully saturated rings. The molecule has 0 aliphatic carbocycles. The summed E-state index contributed by atoms with van der Waals surface area (Å²) in [6.45, 7) is 4.74. The second kappa shape index (κ2) is 7.23. The number of rotatable bonds is 4. The van der Waals surface area contributed by atoms with Crippen LogP contribution in [-0.2, 0) is 16.1 Å². The highest BCUT2D eigenvalue weighted by atomic mass is 35.5. The van der Waals surface area contributed by atoms with Crippen molar-refractivity contribution >= 4 is 29.1 Å². The van der Waals surface area contributed by atoms with Crippen LogP contribution in [0.2, 0.25) is 5.02 Å². The number of carbonyl (C=O) groups is 2. The molecule has 1 aliphatic rings. The molecule has 130 valence electrons. The Hall–Kier alpha value is -2.40. The van der Waals surface area contributed by atoms with Gasteiger partial charge in [0.25, 0.3) is 0 Å². The minimum Gasteiger partial charge on any atom is -0.337 e. The Bertz CT molecular complexity index is 785. The smallest absolute Gasteiger partial charge is 0.229 e. The van der Waals surface area contributed by atoms with Crippen molar-refractivity contribution < 1.29 is 9.59 Å². The van der Waals surface area contributed by atoms with Crippen molar-refractivity contribution in [3.05, 3.63) is 58.4 Å². The lowest BCUT2D eigenvalue weighted by molar-refractivity contribution is -0.128. The van der Waals surface area contributed by atoms with Crippen LogP contribution in [0.1, 0.15) is 23.1 Å². The molecule has 2 amide bonds. The Kier molecular flexibility index (Phi) is 5.04. The zero-order valence-electron chi connectivity index (χ0n) is 14.3. The fraction of sp³-hybridized carbons (Fsp3) is 0.316. The van der Waals surface area contributed by atoms with E-state index in [9.17, 15) is 9.59 Å². The van der Waals surface area contributed by atoms with Crippen LogP contribution >= 0.6 is 11.6 Å². The lowest BCUT2D eigenvalue weighted by Crippen LogP contribution is -2.28. The molecule has 1 unspecified atom stereocenters. The first-order chi connectivity index (χ1) is 11.9. The van der Waals surface area contributed by atoms with Crippen LogP contribution in [0.25, 0.3) is 0 Å². The number of likely N-dealkylation sites (tertiary alicyclic amines) is 1. The topological polar surface area (TPSA) is 62.3 Å². The number of nitrogens with zero attached hydrogens (tertiary/aromatic N) is 2. The Labute approximate surface area is 152 Å². The number of aryl methyl sites for hydroxylation is 2. The minimum absolute atomic E-state index is 0.0178. The molecule has 2 aromatic rings. The highest BCUT2D eigenvalue weighted by Gasteiger charge is 2.34. The quantitative estimate of drug-likeness (QED) is 0.912. The lowest BCUT2D eigenvalue weighted by atomic mass is 10.1. The molecule has 1 saturated heterocycles. The van der Waals surface area contributed by atoms with Gasteiger partial charge in [-0.15, -0.1) is 0 Å². The molecule has 25 heavy (non-hydrogen) atoms. The van der Waals surface area contributed by atoms with Crippen molar-refractivity contribution in [2.24, 2.45) is 5.92 Å². The highest BCUT2D eigenvalue weighted by molar-refractivity contribution is 6.34. The number of amides is 2. The van der Waals surface area contributed by atoms with Gasteiger partial charge in [-0.3, -0.25) is 14.6 Å². The Balaban J connectivity index is 1.67. The Morgan fingerprint density at radius 3 is 2.88 bits per heavy atom. The van der Waals surface area contributed by atoms with Gasteiger partial charge in [0.1, 0.15) is 0 Å². The van der Waals surface area contributed by atoms with E-state index in [2.05, 4.69) is 10.3 Å². The van der Waals surface area contributed by atoms with E-state index in [0.717, 1.165) is 16.7 Å². The number of nitrogens with one attached hydrogen (secondary N) is 1. The first-order valence-electron chi connectivity index (χ1n) is 8.18. The van der Waals surface area contributed by atoms with Gasteiger partial charge in [-0.25, -0.2) is 0 Å². The van der Waals surface area contributed by atoms with Gasteiger partial charge in [0.05, 0.1) is 16.6 Å². The standard InChI is InChI=1S/C19H20ClN3O2/c1-12-6-13(2)18(16(20)7-12)22-19(25)15-8-17(24)23(11-15)10-14-4-3-5-21-9-14/h3-7,9,15H,8,10-11H2,1-2H3,(H,22,25). The first-order valence-corrected chi connectivity index (χ1v) is 8.56. The molecular formula is C19H20ClN3O2. The third kappa shape index (κ3) is 3.99. The molecule has 0 saturated carbocycles. The van der Waals surface area contributed by atoms with Crippen LogP contribution in [0.5, 0.6) is 0 Å². The van der Waals surface area contributed by atoms with E-state index in [1.54, 1.807) is 17.3 Å². The van der Waals surface area contributed by atoms with Gasteiger partial charge in [0, 0.05) is 31.9 Å². The summed E-state index contributed by atoms with van der Waals surface area (Å²) in [7, 11) is 0. The van der Waals surface area contributed by atoms with Gasteiger partial charge in [-0.05, 0) is 42.7 Å². The molecule has 0 bridgehead atoms. The van der Waals surface area contributed by atoms with E-state index in [4.69, 9.17) is 11.6 Å². The predicted octanol–water partition coefficient (Wildman–Crippen LogP) is 3.34. The average molecular weight is 358 g/mol. The van der Waals surface area contributed by atoms with Crippen molar-refractivity contribution in [2.45, 2.75) is 26.8 Å². The van der Waals surface area contributed by atoms with Crippen molar-refractivity contribution in [2.75, 3.05) is 11.9 Å². The van der Waals surface area contributed by atoms with Crippen molar-refractivity contribution in [3.63, 3.8) is 0 Å². The van der Waals surface area contributed by atoms with E-state index in [0.29, 0.717) is 23.8 Å². The molecule has 0 spiro atoms. The van der Waals surface area contributed by atoms with Crippen LogP contribution in [0.15, 0.2) is 36.7 Å². The second-order valence-electron chi connectivity index (χ2n) is 6.46. The number of benzene rings is 1. The molecule has 1 atom stereocenters. The SMILES string of the molecule is Cc1cc(C)c(NC(=O)C2CC(=O)N(Cc3cccnc3)C2)c(Cl)c1. The van der Waals surface area contributed by atoms with Crippen molar-refractivity contribution in [3.8, 4) is 0 Å². The highest BCUT2D eigenvalue weighted by Crippen LogP contribution is 2.29. The molecule has 0 radical (unpaired) electrons. The normalized spacial score (nSPS) is 17.0. The van der Waals surface area contributed by atoms with E-state index in [1.165, 1.54) is 0 Å². The molecule has 1 aromatic heterocycles. The molecule has 1 N–H and O–H groups in total. The molecular weight excluding hydrogens is 338 g/mol. The maximum atomic E-state index is 12.6. The van der Waals surface area contributed by atoms with Crippen molar-refractivity contribution in [1.29, 1.82) is 0 Å². The van der Waals surface area contributed by atoms with E-state index in [-0.39, 0.29) is 24.2 Å². The van der Waals surface area contributed by atoms with Gasteiger partial charge in [0.2, 0.25) is 11.8 Å². The maximum Gasteiger partial charge on any atom is 0.229 e. The minimum atomic E-state index is -0.374. The van der Waals surface area contributed by atoms with Gasteiger partial charge in [-0.2, -0.15) is 0 Å². The van der Waals surface area contributed by atoms with Gasteiger partial charge in [-0.1, -0.05) is 23.7 Å². The summed E-state index contributed by atoms with van der Waals surface area (Å²) in [6.07, 6.45) is 3.64. The number of pyridine rings is 1. The zero-order chi connectivity index (χ0) is 18.0. The fourth-order valence-electron chi connectivity index (χ4n) is 3.11. The zero-order valence-corrected chi connectivity index (χ0v) is 15.0. The summed E-state index contributed by atoms with van der Waals surface area (Å²) in [6, 6.07) is 7.54. The summed E-state index contributed by atoms with van der Waals surface area (Å²) >= 11 is 6.25. The number of hydrogen-bond acceptors (Lipinski definition) is 3. The Morgan fingerprint density at radius 1 is 1.40 bits per heavy atom. The van der Waals surface area contributed by atoms with Crippen LogP contribution < -0.4 is 5.32 Å². The molecule has 1 aliphatic heterocycles. The predicted molar refractivity (Wildman–Crippen MR) is 97.3 cm³/mol. The van der Waals surface area contributed by atoms with E-state index < -0.39 is 0 Å². The largest absolute Gasteiger partial charge is 0.337 e. The first kappa shape index (κ1) is 17.4. The summed E-state index contributed by atoms with van der Waals surface area (Å²) in [5.41, 5.74) is 3.53. The maximum absolute atomic E-state index is 12.6. The summed E-state index contributed by atoms with van der Waals surface area (Å²) in [5.74, 6) is -0.562. The molecule has 2 heterocycles. The van der Waals surface area contributed by atoms with Crippen LogP contribution in [-0.4, -0.2) is 28.2 Å². The number of aromatic nitrogens is 1. The monoisotopic (exact) mass is 357 g/mol. The van der Waals surface area contributed by atoms with Gasteiger partial charge >= 0.3 is 0 Å². The molecule has 6 heteroatoms. The van der Waals surface area contributed by atoms with Gasteiger partial charge in [0.15, 0.2) is 0 Å². The molecule has 1 aromatic carbocycles. The van der Waals surface area contributed by atoms with Gasteiger partial charge < -0.3 is 10.2 Å². The van der Waals surface area contributed by atoms with Crippen molar-refractivity contribution in [1.82, 2.24) is 9.88 Å². The second-order valence-corrected chi connectivity index (χ2v) is 6.87. The fourth-order valence-corrected chi connectivity index (χ4v) is 3.48. The third-order valence-corrected chi connectivity index (χ3v) is 4.66. The lowest BCUT2D eigenvalue weighted by Gasteiger charge is -2.17. The summed E-state index contributed by atoms with van der Waals surface area (Å²) in [5, 5.41) is 3.41. The number of hydrogen-bond donors (Lipinski definition) is 1. The third-order valence-electron chi connectivity index (χ3n) is 4.36. The van der Waals surface area contributed by atoms with E-state index in [1.807, 2.05) is 38.1 Å². The Morgan fingerprint density at radius 2 is 2.20 bits per heavy atom. The van der Waals surface area contributed by atoms with Crippen LogP contribution in [0.3, 0.4) is 0 Å². The summed E-state index contributed by atoms with van der Waals surface area (Å²) in [4.78, 5) is 30.6. The molecule has 5 nitrogen and oxygen atoms in total. The van der Waals surface area contributed by atoms with E-state index >= 15 is 0 Å². The number of anilines is 1. The summed E-state index contributed by atoms with van der Waals surface area (Å²) < 4.78 is 0. The average Bonchev–Trinajstić information content (AvgIpc) is 2.92. The number of halogens is 1. The van der Waals surface area contributed by atoms with Crippen LogP contribution in [0, 0.1) is 19.8 Å². The van der Waals surface area contributed by atoms with Crippen LogP contribution in [0.4, 0.5) is 5.69 Å². The number of carbonyl (C=O) groups excluding carboxylic acids is 2. The molecule has 3 rings (SSSR count).